The number of carbonyl (C=O) groups is 1. The van der Waals surface area contributed by atoms with Gasteiger partial charge in [-0.1, -0.05) is 24.6 Å². The SMILES string of the molecule is O=C(c1ccc(-c2ccc3c(c2)CCC2(CCN(C4CCC4)CC2)O3)cc1)N1CC[C@H](O)C1. The molecule has 6 rings (SSSR count). The Balaban J connectivity index is 1.13. The number of likely N-dealkylation sites (tertiary alicyclic amines) is 2. The van der Waals surface area contributed by atoms with Crippen molar-refractivity contribution in [1.29, 1.82) is 0 Å². The van der Waals surface area contributed by atoms with E-state index < -0.39 is 0 Å². The maximum Gasteiger partial charge on any atom is 0.253 e. The van der Waals surface area contributed by atoms with Gasteiger partial charge in [-0.2, -0.15) is 0 Å². The number of amides is 1. The molecule has 1 amide bonds. The third-order valence-corrected chi connectivity index (χ3v) is 8.45. The largest absolute Gasteiger partial charge is 0.487 e. The van der Waals surface area contributed by atoms with Gasteiger partial charge in [-0.25, -0.2) is 0 Å². The van der Waals surface area contributed by atoms with Crippen LogP contribution in [-0.4, -0.2) is 64.7 Å². The molecule has 2 saturated heterocycles. The van der Waals surface area contributed by atoms with Gasteiger partial charge in [-0.3, -0.25) is 4.79 Å². The van der Waals surface area contributed by atoms with Crippen LogP contribution in [0.25, 0.3) is 11.1 Å². The monoisotopic (exact) mass is 446 g/mol. The fourth-order valence-electron chi connectivity index (χ4n) is 6.02. The first kappa shape index (κ1) is 21.2. The van der Waals surface area contributed by atoms with Crippen molar-refractivity contribution in [3.63, 3.8) is 0 Å². The number of hydrogen-bond acceptors (Lipinski definition) is 4. The van der Waals surface area contributed by atoms with Gasteiger partial charge in [0.1, 0.15) is 11.4 Å². The van der Waals surface area contributed by atoms with Crippen LogP contribution >= 0.6 is 0 Å². The van der Waals surface area contributed by atoms with Crippen molar-refractivity contribution in [1.82, 2.24) is 9.80 Å². The number of rotatable bonds is 3. The third-order valence-electron chi connectivity index (χ3n) is 8.45. The van der Waals surface area contributed by atoms with Gasteiger partial charge in [0.15, 0.2) is 0 Å². The highest BCUT2D eigenvalue weighted by molar-refractivity contribution is 5.95. The molecule has 2 aromatic carbocycles. The number of carbonyl (C=O) groups excluding carboxylic acids is 1. The first-order chi connectivity index (χ1) is 16.1. The van der Waals surface area contributed by atoms with E-state index in [0.29, 0.717) is 25.1 Å². The van der Waals surface area contributed by atoms with Crippen molar-refractivity contribution in [2.24, 2.45) is 0 Å². The summed E-state index contributed by atoms with van der Waals surface area (Å²) < 4.78 is 6.65. The van der Waals surface area contributed by atoms with Crippen LogP contribution in [0.3, 0.4) is 0 Å². The molecule has 5 nitrogen and oxygen atoms in total. The average Bonchev–Trinajstić information content (AvgIpc) is 3.25. The van der Waals surface area contributed by atoms with Crippen LogP contribution in [0.4, 0.5) is 0 Å². The Kier molecular flexibility index (Phi) is 5.42. The molecule has 3 aliphatic heterocycles. The van der Waals surface area contributed by atoms with Gasteiger partial charge >= 0.3 is 0 Å². The number of aliphatic hydroxyl groups excluding tert-OH is 1. The summed E-state index contributed by atoms with van der Waals surface area (Å²) in [4.78, 5) is 17.1. The van der Waals surface area contributed by atoms with E-state index in [-0.39, 0.29) is 17.6 Å². The Hall–Kier alpha value is -2.37. The molecule has 174 valence electrons. The Morgan fingerprint density at radius 1 is 0.939 bits per heavy atom. The molecule has 4 aliphatic rings. The number of fused-ring (bicyclic) bond motifs is 1. The van der Waals surface area contributed by atoms with Crippen LogP contribution in [0.5, 0.6) is 5.75 Å². The Morgan fingerprint density at radius 2 is 1.70 bits per heavy atom. The predicted molar refractivity (Wildman–Crippen MR) is 129 cm³/mol. The molecule has 1 spiro atoms. The number of β-amino-alcohol motifs (C(OH)–C–C–N with tert-alkyl or cyclic N) is 1. The number of hydrogen-bond donors (Lipinski definition) is 1. The summed E-state index contributed by atoms with van der Waals surface area (Å²) in [7, 11) is 0. The molecule has 2 aromatic rings. The highest BCUT2D eigenvalue weighted by Crippen LogP contribution is 2.42. The molecule has 0 bridgehead atoms. The van der Waals surface area contributed by atoms with Gasteiger partial charge in [0.2, 0.25) is 0 Å². The van der Waals surface area contributed by atoms with Gasteiger partial charge < -0.3 is 19.6 Å². The molecule has 1 atom stereocenters. The van der Waals surface area contributed by atoms with E-state index in [4.69, 9.17) is 4.74 Å². The van der Waals surface area contributed by atoms with Crippen molar-refractivity contribution < 1.29 is 14.6 Å². The fourth-order valence-corrected chi connectivity index (χ4v) is 6.02. The number of aliphatic hydroxyl groups is 1. The minimum absolute atomic E-state index is 0.00518. The molecular weight excluding hydrogens is 412 g/mol. The smallest absolute Gasteiger partial charge is 0.253 e. The zero-order chi connectivity index (χ0) is 22.4. The lowest BCUT2D eigenvalue weighted by atomic mass is 9.81. The second-order valence-corrected chi connectivity index (χ2v) is 10.5. The minimum Gasteiger partial charge on any atom is -0.487 e. The first-order valence-electron chi connectivity index (χ1n) is 12.7. The van der Waals surface area contributed by atoms with Gasteiger partial charge in [0, 0.05) is 37.8 Å². The quantitative estimate of drug-likeness (QED) is 0.765. The van der Waals surface area contributed by atoms with Crippen molar-refractivity contribution >= 4 is 5.91 Å². The molecule has 0 aromatic heterocycles. The molecule has 3 fully saturated rings. The Bertz CT molecular complexity index is 1020. The van der Waals surface area contributed by atoms with E-state index in [1.807, 2.05) is 24.3 Å². The number of nitrogens with zero attached hydrogens (tertiary/aromatic N) is 2. The fraction of sp³-hybridized carbons (Fsp3) is 0.536. The number of aryl methyl sites for hydroxylation is 1. The lowest BCUT2D eigenvalue weighted by Gasteiger charge is -2.48. The molecule has 5 heteroatoms. The summed E-state index contributed by atoms with van der Waals surface area (Å²) in [5.41, 5.74) is 4.29. The molecule has 0 unspecified atom stereocenters. The van der Waals surface area contributed by atoms with Crippen molar-refractivity contribution in [2.45, 2.75) is 69.1 Å². The molecule has 3 heterocycles. The second-order valence-electron chi connectivity index (χ2n) is 10.5. The molecule has 0 radical (unpaired) electrons. The standard InChI is InChI=1S/C28H34N2O3/c31-25-11-15-30(19-25)27(32)21-6-4-20(5-7-21)22-8-9-26-23(18-22)10-12-28(33-26)13-16-29(17-14-28)24-2-1-3-24/h4-9,18,24-25,31H,1-3,10-17,19H2/t25-/m0/s1. The molecule has 1 N–H and O–H groups in total. The van der Waals surface area contributed by atoms with Crippen LogP contribution in [0.1, 0.15) is 60.9 Å². The van der Waals surface area contributed by atoms with Crippen molar-refractivity contribution in [3.8, 4) is 16.9 Å². The average molecular weight is 447 g/mol. The van der Waals surface area contributed by atoms with Crippen LogP contribution in [-0.2, 0) is 6.42 Å². The molecular formula is C28H34N2O3. The maximum atomic E-state index is 12.7. The molecule has 1 aliphatic carbocycles. The van der Waals surface area contributed by atoms with Crippen LogP contribution < -0.4 is 4.74 Å². The number of benzene rings is 2. The lowest BCUT2D eigenvalue weighted by molar-refractivity contribution is -0.0336. The number of ether oxygens (including phenoxy) is 1. The summed E-state index contributed by atoms with van der Waals surface area (Å²) in [6.07, 6.45) is 8.92. The van der Waals surface area contributed by atoms with Gasteiger partial charge in [-0.15, -0.1) is 0 Å². The molecule has 1 saturated carbocycles. The lowest BCUT2D eigenvalue weighted by Crippen LogP contribution is -2.53. The summed E-state index contributed by atoms with van der Waals surface area (Å²) in [6.45, 7) is 3.43. The van der Waals surface area contributed by atoms with E-state index in [0.717, 1.165) is 43.0 Å². The topological polar surface area (TPSA) is 53.0 Å². The third kappa shape index (κ3) is 4.06. The van der Waals surface area contributed by atoms with E-state index >= 15 is 0 Å². The van der Waals surface area contributed by atoms with Gasteiger partial charge in [-0.05, 0) is 85.9 Å². The van der Waals surface area contributed by atoms with E-state index in [1.54, 1.807) is 4.90 Å². The summed E-state index contributed by atoms with van der Waals surface area (Å²) in [6, 6.07) is 15.3. The van der Waals surface area contributed by atoms with Gasteiger partial charge in [0.25, 0.3) is 5.91 Å². The van der Waals surface area contributed by atoms with E-state index in [2.05, 4.69) is 23.1 Å². The molecule has 33 heavy (non-hydrogen) atoms. The highest BCUT2D eigenvalue weighted by Gasteiger charge is 2.41. The maximum absolute atomic E-state index is 12.7. The normalized spacial score (nSPS) is 24.9. The van der Waals surface area contributed by atoms with Gasteiger partial charge in [0.05, 0.1) is 6.10 Å². The summed E-state index contributed by atoms with van der Waals surface area (Å²) >= 11 is 0. The van der Waals surface area contributed by atoms with Crippen molar-refractivity contribution in [2.75, 3.05) is 26.2 Å². The Labute approximate surface area is 196 Å². The van der Waals surface area contributed by atoms with Crippen molar-refractivity contribution in [3.05, 3.63) is 53.6 Å². The first-order valence-corrected chi connectivity index (χ1v) is 12.7. The zero-order valence-corrected chi connectivity index (χ0v) is 19.3. The number of piperidine rings is 1. The Morgan fingerprint density at radius 3 is 2.36 bits per heavy atom. The van der Waals surface area contributed by atoms with E-state index in [9.17, 15) is 9.90 Å². The van der Waals surface area contributed by atoms with Crippen LogP contribution in [0, 0.1) is 0 Å². The minimum atomic E-state index is -0.389. The predicted octanol–water partition coefficient (Wildman–Crippen LogP) is 4.27. The second kappa shape index (κ2) is 8.44. The highest BCUT2D eigenvalue weighted by atomic mass is 16.5. The summed E-state index contributed by atoms with van der Waals surface area (Å²) in [5, 5.41) is 9.71. The zero-order valence-electron chi connectivity index (χ0n) is 19.3. The van der Waals surface area contributed by atoms with Crippen LogP contribution in [0.2, 0.25) is 0 Å². The summed E-state index contributed by atoms with van der Waals surface area (Å²) in [5.74, 6) is 1.06. The van der Waals surface area contributed by atoms with Crippen LogP contribution in [0.15, 0.2) is 42.5 Å². The van der Waals surface area contributed by atoms with E-state index in [1.165, 1.54) is 43.5 Å².